The third kappa shape index (κ3) is 2.47. The van der Waals surface area contributed by atoms with Gasteiger partial charge in [-0.2, -0.15) is 0 Å². The van der Waals surface area contributed by atoms with Gasteiger partial charge in [0.1, 0.15) is 23.3 Å². The maximum atomic E-state index is 6.07. The highest BCUT2D eigenvalue weighted by Gasteiger charge is 2.50. The average Bonchev–Trinajstić information content (AvgIpc) is 2.70. The highest BCUT2D eigenvalue weighted by molar-refractivity contribution is 6.10. The van der Waals surface area contributed by atoms with Gasteiger partial charge in [0.2, 0.25) is 0 Å². The van der Waals surface area contributed by atoms with Gasteiger partial charge in [-0.05, 0) is 0 Å². The normalized spacial score (nSPS) is 29.8. The third-order valence-corrected chi connectivity index (χ3v) is 6.60. The molecule has 134 valence electrons. The highest BCUT2D eigenvalue weighted by atomic mass is 15.1. The number of nitrogens with two attached hydrogens (primary N) is 2. The second kappa shape index (κ2) is 5.39. The molecule has 0 radical (unpaired) electrons. The summed E-state index contributed by atoms with van der Waals surface area (Å²) in [5.41, 5.74) is 11.4. The third-order valence-electron chi connectivity index (χ3n) is 6.60. The number of hydrogen-bond acceptors (Lipinski definition) is 4. The lowest BCUT2D eigenvalue weighted by molar-refractivity contribution is 0.295. The zero-order chi connectivity index (χ0) is 18.6. The van der Waals surface area contributed by atoms with E-state index in [0.717, 1.165) is 11.7 Å². The molecular formula is C18H32N6. The Morgan fingerprint density at radius 1 is 0.625 bits per heavy atom. The van der Waals surface area contributed by atoms with Crippen LogP contribution in [-0.2, 0) is 0 Å². The molecule has 0 saturated heterocycles. The van der Waals surface area contributed by atoms with Gasteiger partial charge in [-0.3, -0.25) is 9.98 Å². The van der Waals surface area contributed by atoms with E-state index >= 15 is 0 Å². The van der Waals surface area contributed by atoms with Crippen LogP contribution in [0.2, 0.25) is 0 Å². The molecular weight excluding hydrogens is 300 g/mol. The summed E-state index contributed by atoms with van der Waals surface area (Å²) < 4.78 is 0. The summed E-state index contributed by atoms with van der Waals surface area (Å²) in [5.74, 6) is 2.90. The van der Waals surface area contributed by atoms with E-state index in [0.29, 0.717) is 24.8 Å². The second-order valence-electron chi connectivity index (χ2n) is 8.90. The minimum Gasteiger partial charge on any atom is -0.387 e. The maximum Gasteiger partial charge on any atom is 0.132 e. The van der Waals surface area contributed by atoms with Crippen molar-refractivity contribution >= 4 is 23.3 Å². The Hall–Kier alpha value is -1.72. The van der Waals surface area contributed by atoms with Gasteiger partial charge in [0, 0.05) is 21.7 Å². The molecule has 0 saturated carbocycles. The van der Waals surface area contributed by atoms with Crippen LogP contribution in [-0.4, -0.2) is 36.4 Å². The Labute approximate surface area is 145 Å². The summed E-state index contributed by atoms with van der Waals surface area (Å²) in [6.07, 6.45) is 0. The van der Waals surface area contributed by atoms with Gasteiger partial charge in [-0.25, -0.2) is 9.98 Å². The van der Waals surface area contributed by atoms with Gasteiger partial charge in [0.15, 0.2) is 0 Å². The van der Waals surface area contributed by atoms with Crippen molar-refractivity contribution in [2.24, 2.45) is 53.1 Å². The first-order valence-corrected chi connectivity index (χ1v) is 8.55. The van der Waals surface area contributed by atoms with Gasteiger partial charge in [0.25, 0.3) is 0 Å². The molecule has 0 amide bonds. The summed E-state index contributed by atoms with van der Waals surface area (Å²) >= 11 is 0. The molecule has 2 aliphatic heterocycles. The van der Waals surface area contributed by atoms with Crippen molar-refractivity contribution < 1.29 is 0 Å². The lowest BCUT2D eigenvalue weighted by Gasteiger charge is -2.34. The van der Waals surface area contributed by atoms with E-state index in [1.165, 1.54) is 0 Å². The molecule has 0 aliphatic carbocycles. The molecule has 24 heavy (non-hydrogen) atoms. The zero-order valence-corrected chi connectivity index (χ0v) is 16.4. The van der Waals surface area contributed by atoms with E-state index in [4.69, 9.17) is 11.5 Å². The topological polar surface area (TPSA) is 101 Å². The van der Waals surface area contributed by atoms with Gasteiger partial charge in [0.05, 0.1) is 13.1 Å². The van der Waals surface area contributed by atoms with Crippen molar-refractivity contribution in [1.82, 2.24) is 0 Å². The lowest BCUT2D eigenvalue weighted by Crippen LogP contribution is -2.41. The average molecular weight is 332 g/mol. The molecule has 0 bridgehead atoms. The second-order valence-corrected chi connectivity index (χ2v) is 8.90. The SMILES string of the molecule is CC1(C)C(N)=NC(=NCCN=C2N=C(N)C(C)(C)C2(C)C)C1(C)C. The van der Waals surface area contributed by atoms with Crippen LogP contribution < -0.4 is 11.5 Å². The highest BCUT2D eigenvalue weighted by Crippen LogP contribution is 2.45. The molecule has 0 unspecified atom stereocenters. The van der Waals surface area contributed by atoms with Gasteiger partial charge < -0.3 is 11.5 Å². The Morgan fingerprint density at radius 3 is 1.12 bits per heavy atom. The van der Waals surface area contributed by atoms with Crippen LogP contribution in [0.5, 0.6) is 0 Å². The van der Waals surface area contributed by atoms with Crippen LogP contribution >= 0.6 is 0 Å². The van der Waals surface area contributed by atoms with Crippen LogP contribution in [0.15, 0.2) is 20.0 Å². The quantitative estimate of drug-likeness (QED) is 0.776. The van der Waals surface area contributed by atoms with E-state index < -0.39 is 0 Å². The number of rotatable bonds is 3. The van der Waals surface area contributed by atoms with E-state index in [1.54, 1.807) is 0 Å². The number of aliphatic imine (C=N–C) groups is 4. The van der Waals surface area contributed by atoms with Crippen molar-refractivity contribution in [3.05, 3.63) is 0 Å². The largest absolute Gasteiger partial charge is 0.387 e. The summed E-state index contributed by atoms with van der Waals surface area (Å²) in [4.78, 5) is 18.2. The summed E-state index contributed by atoms with van der Waals surface area (Å²) in [7, 11) is 0. The summed E-state index contributed by atoms with van der Waals surface area (Å²) in [6, 6.07) is 0. The molecule has 0 aromatic carbocycles. The zero-order valence-electron chi connectivity index (χ0n) is 16.4. The minimum atomic E-state index is -0.187. The van der Waals surface area contributed by atoms with Crippen molar-refractivity contribution in [3.8, 4) is 0 Å². The Kier molecular flexibility index (Phi) is 4.18. The molecule has 0 aromatic rings. The first kappa shape index (κ1) is 18.6. The van der Waals surface area contributed by atoms with Gasteiger partial charge in [-0.15, -0.1) is 0 Å². The van der Waals surface area contributed by atoms with E-state index in [2.05, 4.69) is 75.4 Å². The number of nitrogens with zero attached hydrogens (tertiary/aromatic N) is 4. The van der Waals surface area contributed by atoms with E-state index in [9.17, 15) is 0 Å². The number of amidine groups is 4. The maximum absolute atomic E-state index is 6.07. The summed E-state index contributed by atoms with van der Waals surface area (Å²) in [6.45, 7) is 18.1. The van der Waals surface area contributed by atoms with E-state index in [1.807, 2.05) is 0 Å². The van der Waals surface area contributed by atoms with Crippen molar-refractivity contribution in [3.63, 3.8) is 0 Å². The van der Waals surface area contributed by atoms with Crippen molar-refractivity contribution in [2.75, 3.05) is 13.1 Å². The number of hydrogen-bond donors (Lipinski definition) is 2. The molecule has 6 heteroatoms. The first-order chi connectivity index (χ1) is 10.8. The van der Waals surface area contributed by atoms with Crippen LogP contribution in [0.3, 0.4) is 0 Å². The van der Waals surface area contributed by atoms with Crippen molar-refractivity contribution in [2.45, 2.75) is 55.4 Å². The monoisotopic (exact) mass is 332 g/mol. The van der Waals surface area contributed by atoms with Crippen molar-refractivity contribution in [1.29, 1.82) is 0 Å². The molecule has 4 N–H and O–H groups in total. The molecule has 0 atom stereocenters. The smallest absolute Gasteiger partial charge is 0.132 e. The lowest BCUT2D eigenvalue weighted by atomic mass is 9.68. The predicted octanol–water partition coefficient (Wildman–Crippen LogP) is 2.63. The first-order valence-electron chi connectivity index (χ1n) is 8.55. The summed E-state index contributed by atoms with van der Waals surface area (Å²) in [5, 5.41) is 0. The van der Waals surface area contributed by atoms with E-state index in [-0.39, 0.29) is 21.7 Å². The fourth-order valence-electron chi connectivity index (χ4n) is 2.76. The van der Waals surface area contributed by atoms with Crippen LogP contribution in [0.4, 0.5) is 0 Å². The van der Waals surface area contributed by atoms with Crippen LogP contribution in [0, 0.1) is 21.7 Å². The van der Waals surface area contributed by atoms with Crippen LogP contribution in [0.25, 0.3) is 0 Å². The van der Waals surface area contributed by atoms with Crippen LogP contribution in [0.1, 0.15) is 55.4 Å². The molecule has 2 heterocycles. The molecule has 2 rings (SSSR count). The Bertz CT molecular complexity index is 601. The van der Waals surface area contributed by atoms with Gasteiger partial charge >= 0.3 is 0 Å². The minimum absolute atomic E-state index is 0.179. The Morgan fingerprint density at radius 2 is 0.917 bits per heavy atom. The molecule has 0 spiro atoms. The standard InChI is InChI=1S/C18H32N6/c1-15(2)11(19)23-13(17(15,5)6)21-9-10-22-14-18(7,8)16(3,4)12(20)24-14/h9-10H2,1-8H3,(H2,19,21,23)(H2,20,22,24). The fraction of sp³-hybridized carbons (Fsp3) is 0.778. The molecule has 0 fully saturated rings. The molecule has 6 nitrogen and oxygen atoms in total. The fourth-order valence-corrected chi connectivity index (χ4v) is 2.76. The molecule has 2 aliphatic rings. The Balaban J connectivity index is 2.12. The molecule has 0 aromatic heterocycles. The predicted molar refractivity (Wildman–Crippen MR) is 103 cm³/mol. The van der Waals surface area contributed by atoms with Gasteiger partial charge in [-0.1, -0.05) is 55.4 Å².